The number of para-hydroxylation sites is 1. The Morgan fingerprint density at radius 2 is 1.65 bits per heavy atom. The molecule has 2 atom stereocenters. The molecule has 0 aliphatic carbocycles. The number of ether oxygens (including phenoxy) is 1. The number of benzene rings is 4. The van der Waals surface area contributed by atoms with Gasteiger partial charge in [-0.1, -0.05) is 103 Å². The van der Waals surface area contributed by atoms with Crippen LogP contribution in [0.3, 0.4) is 0 Å². The molecule has 2 unspecified atom stereocenters. The summed E-state index contributed by atoms with van der Waals surface area (Å²) in [6, 6.07) is 25.7. The van der Waals surface area contributed by atoms with Crippen LogP contribution in [0.1, 0.15) is 35.6 Å². The molecular weight excluding hydrogens is 745 g/mol. The van der Waals surface area contributed by atoms with Crippen molar-refractivity contribution in [2.75, 3.05) is 29.1 Å². The number of amides is 3. The Hall–Kier alpha value is -5.47. The third-order valence-corrected chi connectivity index (χ3v) is 10.00. The first-order valence-corrected chi connectivity index (χ1v) is 18.9. The van der Waals surface area contributed by atoms with Crippen molar-refractivity contribution in [2.45, 2.75) is 38.0 Å². The number of benzodiazepines with no additional fused rings is 1. The average molecular weight is 781 g/mol. The number of fused-ring (bicyclic) bond motifs is 1. The highest BCUT2D eigenvalue weighted by atomic mass is 35.5. The van der Waals surface area contributed by atoms with Crippen LogP contribution in [0.15, 0.2) is 120 Å². The third kappa shape index (κ3) is 10.6. The lowest BCUT2D eigenvalue weighted by molar-refractivity contribution is -0.137. The molecule has 2 N–H and O–H groups in total. The van der Waals surface area contributed by atoms with E-state index >= 15 is 0 Å². The van der Waals surface area contributed by atoms with E-state index < -0.39 is 70.4 Å². The average Bonchev–Trinajstić information content (AvgIpc) is 3.27. The Bertz CT molecular complexity index is 2150. The fourth-order valence-corrected chi connectivity index (χ4v) is 6.43. The van der Waals surface area contributed by atoms with Crippen molar-refractivity contribution >= 4 is 56.4 Å². The standard InChI is InChI=1S/C39H36ClF3N4O6S/c1-2-54(51,52)22-21-29(19-17-26-11-5-3-6-12-26)44-35(48)24-47-34-16-10-9-15-30(34)36(27-13-7-4-8-14-27)45-33(37(47)49)25-53-38(50)46-32-20-18-28(40)23-31(32)39(41,42)43/h3-16,18,20-23,29,33H,2,17,19,24-25H2,1H3,(H,44,48)(H,46,50). The van der Waals surface area contributed by atoms with Gasteiger partial charge in [0.2, 0.25) is 5.91 Å². The summed E-state index contributed by atoms with van der Waals surface area (Å²) < 4.78 is 70.9. The lowest BCUT2D eigenvalue weighted by atomic mass is 10.00. The van der Waals surface area contributed by atoms with Crippen molar-refractivity contribution < 1.29 is 40.7 Å². The van der Waals surface area contributed by atoms with Gasteiger partial charge in [-0.15, -0.1) is 0 Å². The number of aryl methyl sites for hydroxylation is 1. The van der Waals surface area contributed by atoms with Crippen LogP contribution in [0.2, 0.25) is 5.02 Å². The number of carbonyl (C=O) groups is 3. The summed E-state index contributed by atoms with van der Waals surface area (Å²) in [4.78, 5) is 46.7. The second-order valence-electron chi connectivity index (χ2n) is 12.2. The minimum absolute atomic E-state index is 0.129. The van der Waals surface area contributed by atoms with E-state index in [4.69, 9.17) is 16.3 Å². The molecule has 282 valence electrons. The van der Waals surface area contributed by atoms with Gasteiger partial charge in [0.1, 0.15) is 13.2 Å². The first-order chi connectivity index (χ1) is 25.7. The highest BCUT2D eigenvalue weighted by Gasteiger charge is 2.36. The van der Waals surface area contributed by atoms with E-state index in [-0.39, 0.29) is 10.8 Å². The SMILES string of the molecule is CCS(=O)(=O)C=CC(CCc1ccccc1)NC(=O)CN1C(=O)C(COC(=O)Nc2ccc(Cl)cc2C(F)(F)F)N=C(c2ccccc2)c2ccccc21. The van der Waals surface area contributed by atoms with Crippen LogP contribution >= 0.6 is 11.6 Å². The predicted molar refractivity (Wildman–Crippen MR) is 201 cm³/mol. The van der Waals surface area contributed by atoms with Gasteiger partial charge in [0.15, 0.2) is 15.9 Å². The molecule has 3 amide bonds. The van der Waals surface area contributed by atoms with E-state index in [1.54, 1.807) is 54.6 Å². The largest absolute Gasteiger partial charge is 0.446 e. The topological polar surface area (TPSA) is 134 Å². The summed E-state index contributed by atoms with van der Waals surface area (Å²) in [6.45, 7) is 0.290. The lowest BCUT2D eigenvalue weighted by Gasteiger charge is -2.26. The van der Waals surface area contributed by atoms with Gasteiger partial charge < -0.3 is 15.0 Å². The van der Waals surface area contributed by atoms with Gasteiger partial charge in [-0.2, -0.15) is 13.2 Å². The molecular formula is C39H36ClF3N4O6S. The van der Waals surface area contributed by atoms with Crippen molar-refractivity contribution in [1.82, 2.24) is 5.32 Å². The number of nitrogens with one attached hydrogen (secondary N) is 2. The molecule has 0 fully saturated rings. The maximum atomic E-state index is 14.3. The maximum Gasteiger partial charge on any atom is 0.418 e. The zero-order valence-corrected chi connectivity index (χ0v) is 30.5. The smallest absolute Gasteiger partial charge is 0.418 e. The normalized spacial score (nSPS) is 15.2. The summed E-state index contributed by atoms with van der Waals surface area (Å²) in [5.74, 6) is -1.47. The van der Waals surface area contributed by atoms with Crippen LogP contribution in [0, 0.1) is 0 Å². The first-order valence-electron chi connectivity index (χ1n) is 16.8. The van der Waals surface area contributed by atoms with Gasteiger partial charge in [0, 0.05) is 27.6 Å². The Balaban J connectivity index is 1.42. The van der Waals surface area contributed by atoms with Crippen molar-refractivity contribution in [3.8, 4) is 0 Å². The van der Waals surface area contributed by atoms with E-state index in [2.05, 4.69) is 15.6 Å². The number of hydrogen-bond acceptors (Lipinski definition) is 7. The maximum absolute atomic E-state index is 14.3. The highest BCUT2D eigenvalue weighted by molar-refractivity contribution is 7.94. The summed E-state index contributed by atoms with van der Waals surface area (Å²) in [5.41, 5.74) is 0.947. The molecule has 5 rings (SSSR count). The first kappa shape index (κ1) is 39.7. The molecule has 0 spiro atoms. The van der Waals surface area contributed by atoms with Gasteiger partial charge in [0.05, 0.1) is 28.4 Å². The van der Waals surface area contributed by atoms with Crippen molar-refractivity contribution in [3.63, 3.8) is 0 Å². The molecule has 15 heteroatoms. The summed E-state index contributed by atoms with van der Waals surface area (Å²) in [7, 11) is -3.52. The van der Waals surface area contributed by atoms with Gasteiger partial charge in [-0.3, -0.25) is 19.9 Å². The van der Waals surface area contributed by atoms with E-state index in [0.29, 0.717) is 41.4 Å². The number of hydrogen-bond donors (Lipinski definition) is 2. The van der Waals surface area contributed by atoms with E-state index in [9.17, 15) is 36.0 Å². The van der Waals surface area contributed by atoms with E-state index in [1.807, 2.05) is 30.3 Å². The van der Waals surface area contributed by atoms with Crippen molar-refractivity contribution in [3.05, 3.63) is 142 Å². The fourth-order valence-electron chi connectivity index (χ4n) is 5.64. The molecule has 1 heterocycles. The Kier molecular flexibility index (Phi) is 12.9. The third-order valence-electron chi connectivity index (χ3n) is 8.38. The number of anilines is 2. The molecule has 1 aliphatic heterocycles. The van der Waals surface area contributed by atoms with Crippen LogP contribution in [0.5, 0.6) is 0 Å². The van der Waals surface area contributed by atoms with Crippen molar-refractivity contribution in [1.29, 1.82) is 0 Å². The summed E-state index contributed by atoms with van der Waals surface area (Å²) in [5, 5.41) is 5.78. The second kappa shape index (κ2) is 17.6. The monoisotopic (exact) mass is 780 g/mol. The highest BCUT2D eigenvalue weighted by Crippen LogP contribution is 2.36. The molecule has 4 aromatic rings. The number of alkyl halides is 3. The van der Waals surface area contributed by atoms with Gasteiger partial charge in [0.25, 0.3) is 5.91 Å². The number of rotatable bonds is 13. The zero-order valence-electron chi connectivity index (χ0n) is 28.9. The zero-order chi connectivity index (χ0) is 38.9. The Morgan fingerprint density at radius 1 is 0.981 bits per heavy atom. The number of halogens is 4. The molecule has 0 bridgehead atoms. The van der Waals surface area contributed by atoms with E-state index in [0.717, 1.165) is 17.0 Å². The molecule has 0 aromatic heterocycles. The summed E-state index contributed by atoms with van der Waals surface area (Å²) in [6.07, 6.45) is -3.84. The van der Waals surface area contributed by atoms with Crippen LogP contribution in [-0.4, -0.2) is 63.0 Å². The number of nitrogens with zero attached hydrogens (tertiary/aromatic N) is 2. The van der Waals surface area contributed by atoms with Gasteiger partial charge in [-0.25, -0.2) is 13.2 Å². The minimum atomic E-state index is -4.84. The number of sulfone groups is 1. The Morgan fingerprint density at radius 3 is 2.33 bits per heavy atom. The van der Waals surface area contributed by atoms with Crippen molar-refractivity contribution in [2.24, 2.45) is 4.99 Å². The predicted octanol–water partition coefficient (Wildman–Crippen LogP) is 7.23. The van der Waals surface area contributed by atoms with Crippen LogP contribution < -0.4 is 15.5 Å². The van der Waals surface area contributed by atoms with Crippen LogP contribution in [0.4, 0.5) is 29.3 Å². The summed E-state index contributed by atoms with van der Waals surface area (Å²) >= 11 is 5.76. The molecule has 0 saturated carbocycles. The molecule has 0 radical (unpaired) electrons. The van der Waals surface area contributed by atoms with Gasteiger partial charge in [-0.05, 0) is 42.7 Å². The fraction of sp³-hybridized carbons (Fsp3) is 0.231. The molecule has 10 nitrogen and oxygen atoms in total. The quantitative estimate of drug-likeness (QED) is 0.147. The van der Waals surface area contributed by atoms with E-state index in [1.165, 1.54) is 24.0 Å². The minimum Gasteiger partial charge on any atom is -0.446 e. The molecule has 1 aliphatic rings. The molecule has 54 heavy (non-hydrogen) atoms. The molecule has 4 aromatic carbocycles. The van der Waals surface area contributed by atoms with Crippen LogP contribution in [0.25, 0.3) is 0 Å². The van der Waals surface area contributed by atoms with Gasteiger partial charge >= 0.3 is 12.3 Å². The number of aliphatic imine (C=N–C) groups is 1. The molecule has 0 saturated heterocycles. The second-order valence-corrected chi connectivity index (χ2v) is 14.8. The Labute approximate surface area is 315 Å². The van der Waals surface area contributed by atoms with Crippen LogP contribution in [-0.2, 0) is 36.8 Å². The lowest BCUT2D eigenvalue weighted by Crippen LogP contribution is -2.47. The number of carbonyl (C=O) groups excluding carboxylic acids is 3.